The molecule has 0 spiro atoms. The number of rotatable bonds is 4. The Kier molecular flexibility index (Phi) is 4.52. The molecule has 138 valence electrons. The molecule has 0 amide bonds. The number of nitrogens with one attached hydrogen (secondary N) is 1. The van der Waals surface area contributed by atoms with Crippen LogP contribution in [0, 0.1) is 12.8 Å². The molecule has 1 unspecified atom stereocenters. The summed E-state index contributed by atoms with van der Waals surface area (Å²) < 4.78 is 5.20. The number of piperidine rings is 1. The van der Waals surface area contributed by atoms with Crippen molar-refractivity contribution in [2.75, 3.05) is 18.0 Å². The lowest BCUT2D eigenvalue weighted by Crippen LogP contribution is -2.35. The average molecular weight is 373 g/mol. The molecule has 3 aromatic heterocycles. The number of thiophene rings is 1. The summed E-state index contributed by atoms with van der Waals surface area (Å²) in [6.07, 6.45) is 2.99. The number of aryl methyl sites for hydroxylation is 1. The molecule has 1 atom stereocenters. The Morgan fingerprint density at radius 2 is 2.27 bits per heavy atom. The second-order valence-electron chi connectivity index (χ2n) is 7.37. The molecule has 8 heteroatoms. The molecule has 26 heavy (non-hydrogen) atoms. The van der Waals surface area contributed by atoms with Crippen LogP contribution >= 0.6 is 11.3 Å². The zero-order chi connectivity index (χ0) is 18.3. The van der Waals surface area contributed by atoms with Gasteiger partial charge in [-0.05, 0) is 43.0 Å². The lowest BCUT2D eigenvalue weighted by atomic mass is 9.97. The fourth-order valence-electron chi connectivity index (χ4n) is 3.69. The minimum atomic E-state index is -0.491. The van der Waals surface area contributed by atoms with Crippen molar-refractivity contribution < 1.29 is 4.42 Å². The van der Waals surface area contributed by atoms with Crippen molar-refractivity contribution in [1.82, 2.24) is 20.2 Å². The van der Waals surface area contributed by atoms with Crippen LogP contribution in [0.3, 0.4) is 0 Å². The Morgan fingerprint density at radius 3 is 3.00 bits per heavy atom. The van der Waals surface area contributed by atoms with E-state index in [4.69, 9.17) is 9.40 Å². The highest BCUT2D eigenvalue weighted by atomic mass is 32.1. The van der Waals surface area contributed by atoms with Gasteiger partial charge in [0.05, 0.1) is 11.3 Å². The van der Waals surface area contributed by atoms with Crippen molar-refractivity contribution in [3.05, 3.63) is 33.2 Å². The zero-order valence-electron chi connectivity index (χ0n) is 15.3. The first kappa shape index (κ1) is 17.2. The van der Waals surface area contributed by atoms with Crippen LogP contribution in [0.15, 0.2) is 14.6 Å². The Bertz CT molecular complexity index is 974. The number of H-pyrrole nitrogens is 1. The summed E-state index contributed by atoms with van der Waals surface area (Å²) in [5.41, 5.74) is 1.32. The minimum absolute atomic E-state index is 0.0974. The Labute approximate surface area is 155 Å². The Hall–Kier alpha value is -2.22. The van der Waals surface area contributed by atoms with Gasteiger partial charge in [0.2, 0.25) is 5.89 Å². The highest BCUT2D eigenvalue weighted by Gasteiger charge is 2.28. The van der Waals surface area contributed by atoms with Gasteiger partial charge in [0, 0.05) is 13.1 Å². The fraction of sp³-hybridized carbons (Fsp3) is 0.556. The van der Waals surface area contributed by atoms with Gasteiger partial charge in [0.25, 0.3) is 0 Å². The summed E-state index contributed by atoms with van der Waals surface area (Å²) >= 11 is 1.69. The van der Waals surface area contributed by atoms with Crippen molar-refractivity contribution in [2.24, 2.45) is 5.92 Å². The summed E-state index contributed by atoms with van der Waals surface area (Å²) in [5, 5.41) is 9.80. The van der Waals surface area contributed by atoms with E-state index in [1.165, 1.54) is 10.9 Å². The van der Waals surface area contributed by atoms with Crippen LogP contribution in [-0.4, -0.2) is 33.3 Å². The number of hydrogen-bond acceptors (Lipinski definition) is 7. The van der Waals surface area contributed by atoms with Crippen molar-refractivity contribution in [2.45, 2.75) is 46.0 Å². The Balaban J connectivity index is 1.72. The van der Waals surface area contributed by atoms with Crippen LogP contribution in [0.2, 0.25) is 0 Å². The standard InChI is InChI=1S/C18H23N5O2S/c1-10(2)7-13-9-26-17-14(13)15(19-11(3)20-17)23-6-4-5-12(8-23)16-21-22-18(24)25-16/h9-10,12H,4-8H2,1-3H3,(H,22,24). The molecular formula is C18H23N5O2S. The molecule has 0 bridgehead atoms. The first-order valence-electron chi connectivity index (χ1n) is 9.06. The summed E-state index contributed by atoms with van der Waals surface area (Å²) in [4.78, 5) is 24.1. The van der Waals surface area contributed by atoms with E-state index in [2.05, 4.69) is 39.3 Å². The number of aromatic amines is 1. The van der Waals surface area contributed by atoms with Crippen LogP contribution < -0.4 is 10.7 Å². The fourth-order valence-corrected chi connectivity index (χ4v) is 4.68. The summed E-state index contributed by atoms with van der Waals surface area (Å²) in [5.74, 6) is 2.48. The van der Waals surface area contributed by atoms with Crippen LogP contribution in [0.5, 0.6) is 0 Å². The lowest BCUT2D eigenvalue weighted by Gasteiger charge is -2.32. The van der Waals surface area contributed by atoms with E-state index in [0.29, 0.717) is 11.8 Å². The maximum Gasteiger partial charge on any atom is 0.434 e. The third kappa shape index (κ3) is 3.25. The second-order valence-corrected chi connectivity index (χ2v) is 8.23. The third-order valence-electron chi connectivity index (χ3n) is 4.76. The van der Waals surface area contributed by atoms with Gasteiger partial charge in [0.1, 0.15) is 16.5 Å². The minimum Gasteiger partial charge on any atom is -0.392 e. The maximum absolute atomic E-state index is 11.3. The second kappa shape index (κ2) is 6.83. The summed E-state index contributed by atoms with van der Waals surface area (Å²) in [6.45, 7) is 8.09. The largest absolute Gasteiger partial charge is 0.434 e. The molecule has 0 aliphatic carbocycles. The van der Waals surface area contributed by atoms with E-state index in [9.17, 15) is 4.79 Å². The number of nitrogens with zero attached hydrogens (tertiary/aromatic N) is 4. The SMILES string of the molecule is Cc1nc(N2CCCC(c3n[nH]c(=O)o3)C2)c2c(CC(C)C)csc2n1. The normalized spacial score (nSPS) is 18.2. The molecular weight excluding hydrogens is 350 g/mol. The molecule has 1 aliphatic rings. The van der Waals surface area contributed by atoms with E-state index < -0.39 is 5.76 Å². The van der Waals surface area contributed by atoms with Crippen molar-refractivity contribution in [3.63, 3.8) is 0 Å². The van der Waals surface area contributed by atoms with Crippen molar-refractivity contribution >= 4 is 27.4 Å². The van der Waals surface area contributed by atoms with Gasteiger partial charge in [0.15, 0.2) is 0 Å². The van der Waals surface area contributed by atoms with E-state index in [0.717, 1.165) is 48.8 Å². The molecule has 4 heterocycles. The van der Waals surface area contributed by atoms with Gasteiger partial charge >= 0.3 is 5.76 Å². The van der Waals surface area contributed by atoms with E-state index >= 15 is 0 Å². The van der Waals surface area contributed by atoms with Gasteiger partial charge in [-0.25, -0.2) is 19.9 Å². The maximum atomic E-state index is 11.3. The number of hydrogen-bond donors (Lipinski definition) is 1. The van der Waals surface area contributed by atoms with E-state index in [1.807, 2.05) is 6.92 Å². The van der Waals surface area contributed by atoms with Crippen LogP contribution in [0.4, 0.5) is 5.82 Å². The van der Waals surface area contributed by atoms with Crippen LogP contribution in [0.1, 0.15) is 49.9 Å². The summed E-state index contributed by atoms with van der Waals surface area (Å²) in [6, 6.07) is 0. The van der Waals surface area contributed by atoms with Gasteiger partial charge in [-0.1, -0.05) is 13.8 Å². The van der Waals surface area contributed by atoms with Gasteiger partial charge in [-0.2, -0.15) is 0 Å². The lowest BCUT2D eigenvalue weighted by molar-refractivity contribution is 0.384. The molecule has 4 rings (SSSR count). The number of fused-ring (bicyclic) bond motifs is 1. The monoisotopic (exact) mass is 373 g/mol. The molecule has 3 aromatic rings. The van der Waals surface area contributed by atoms with Crippen molar-refractivity contribution in [1.29, 1.82) is 0 Å². The molecule has 0 saturated carbocycles. The quantitative estimate of drug-likeness (QED) is 0.755. The zero-order valence-corrected chi connectivity index (χ0v) is 16.1. The molecule has 1 N–H and O–H groups in total. The van der Waals surface area contributed by atoms with E-state index in [-0.39, 0.29) is 5.92 Å². The molecule has 1 saturated heterocycles. The van der Waals surface area contributed by atoms with Crippen LogP contribution in [0.25, 0.3) is 10.2 Å². The summed E-state index contributed by atoms with van der Waals surface area (Å²) in [7, 11) is 0. The predicted molar refractivity (Wildman–Crippen MR) is 102 cm³/mol. The first-order valence-corrected chi connectivity index (χ1v) is 9.94. The van der Waals surface area contributed by atoms with Gasteiger partial charge in [-0.15, -0.1) is 16.4 Å². The van der Waals surface area contributed by atoms with E-state index in [1.54, 1.807) is 11.3 Å². The number of anilines is 1. The highest BCUT2D eigenvalue weighted by molar-refractivity contribution is 7.17. The highest BCUT2D eigenvalue weighted by Crippen LogP contribution is 2.36. The average Bonchev–Trinajstić information content (AvgIpc) is 3.20. The van der Waals surface area contributed by atoms with Gasteiger partial charge in [-0.3, -0.25) is 0 Å². The molecule has 1 fully saturated rings. The first-order chi connectivity index (χ1) is 12.5. The third-order valence-corrected chi connectivity index (χ3v) is 5.68. The van der Waals surface area contributed by atoms with Crippen LogP contribution in [-0.2, 0) is 6.42 Å². The number of aromatic nitrogens is 4. The molecule has 7 nitrogen and oxygen atoms in total. The topological polar surface area (TPSA) is 87.9 Å². The molecule has 0 aromatic carbocycles. The van der Waals surface area contributed by atoms with Gasteiger partial charge < -0.3 is 9.32 Å². The molecule has 0 radical (unpaired) electrons. The predicted octanol–water partition coefficient (Wildman–Crippen LogP) is 3.26. The molecule has 1 aliphatic heterocycles. The Morgan fingerprint density at radius 1 is 1.42 bits per heavy atom. The van der Waals surface area contributed by atoms with Crippen molar-refractivity contribution in [3.8, 4) is 0 Å². The smallest absolute Gasteiger partial charge is 0.392 e.